The van der Waals surface area contributed by atoms with Crippen LogP contribution in [0.4, 0.5) is 5.69 Å². The Hall–Kier alpha value is -2.74. The summed E-state index contributed by atoms with van der Waals surface area (Å²) in [7, 11) is 2.08. The molecule has 0 bridgehead atoms. The van der Waals surface area contributed by atoms with Crippen LogP contribution in [0.2, 0.25) is 0 Å². The number of amides is 2. The van der Waals surface area contributed by atoms with Crippen LogP contribution in [-0.2, 0) is 29.1 Å². The normalized spacial score (nSPS) is 19.7. The summed E-state index contributed by atoms with van der Waals surface area (Å²) in [6, 6.07) is 5.91. The first-order valence-electron chi connectivity index (χ1n) is 9.33. The van der Waals surface area contributed by atoms with Crippen molar-refractivity contribution in [3.63, 3.8) is 0 Å². The molecule has 0 spiro atoms. The van der Waals surface area contributed by atoms with Gasteiger partial charge in [0.1, 0.15) is 0 Å². The Morgan fingerprint density at radius 2 is 2.15 bits per heavy atom. The molecule has 2 aliphatic heterocycles. The van der Waals surface area contributed by atoms with Gasteiger partial charge in [0.15, 0.2) is 0 Å². The number of rotatable bonds is 3. The molecule has 8 heteroatoms. The minimum atomic E-state index is -0.569. The summed E-state index contributed by atoms with van der Waals surface area (Å²) in [5.74, 6) is -0.741. The van der Waals surface area contributed by atoms with E-state index in [0.717, 1.165) is 25.9 Å². The van der Waals surface area contributed by atoms with Gasteiger partial charge in [-0.3, -0.25) is 14.3 Å². The first-order chi connectivity index (χ1) is 13.1. The van der Waals surface area contributed by atoms with E-state index in [9.17, 15) is 9.59 Å². The van der Waals surface area contributed by atoms with Gasteiger partial charge < -0.3 is 15.1 Å². The number of hydrogen-bond acceptors (Lipinski definition) is 5. The molecule has 1 fully saturated rings. The second kappa shape index (κ2) is 7.48. The number of nitrogens with zero attached hydrogens (tertiary/aromatic N) is 5. The first-order valence-corrected chi connectivity index (χ1v) is 9.33. The van der Waals surface area contributed by atoms with Gasteiger partial charge in [0.2, 0.25) is 0 Å². The Balaban J connectivity index is 1.34. The van der Waals surface area contributed by atoms with Crippen LogP contribution in [0.3, 0.4) is 0 Å². The Morgan fingerprint density at radius 3 is 2.96 bits per heavy atom. The SMILES string of the molecule is CN1CCc2ccc(NC(=O)C(=O)N3CCC(Cn4ccnn4)C3)cc2C1. The summed E-state index contributed by atoms with van der Waals surface area (Å²) in [6.45, 7) is 3.79. The van der Waals surface area contributed by atoms with Gasteiger partial charge in [-0.1, -0.05) is 11.3 Å². The lowest BCUT2D eigenvalue weighted by Gasteiger charge is -2.25. The molecule has 0 radical (unpaired) electrons. The Kier molecular flexibility index (Phi) is 4.89. The molecule has 8 nitrogen and oxygen atoms in total. The second-order valence-electron chi connectivity index (χ2n) is 7.46. The van der Waals surface area contributed by atoms with Gasteiger partial charge in [0.25, 0.3) is 0 Å². The van der Waals surface area contributed by atoms with E-state index in [1.54, 1.807) is 15.8 Å². The van der Waals surface area contributed by atoms with Crippen LogP contribution in [-0.4, -0.2) is 63.3 Å². The molecule has 1 aromatic heterocycles. The smallest absolute Gasteiger partial charge is 0.313 e. The van der Waals surface area contributed by atoms with Crippen molar-refractivity contribution in [3.05, 3.63) is 41.7 Å². The fourth-order valence-corrected chi connectivity index (χ4v) is 3.86. The Bertz CT molecular complexity index is 835. The van der Waals surface area contributed by atoms with Gasteiger partial charge in [-0.25, -0.2) is 0 Å². The van der Waals surface area contributed by atoms with Crippen LogP contribution in [0, 0.1) is 5.92 Å². The molecule has 1 N–H and O–H groups in total. The van der Waals surface area contributed by atoms with Gasteiger partial charge in [0.05, 0.1) is 6.20 Å². The molecule has 1 aromatic carbocycles. The van der Waals surface area contributed by atoms with Crippen LogP contribution in [0.1, 0.15) is 17.5 Å². The van der Waals surface area contributed by atoms with Gasteiger partial charge in [-0.2, -0.15) is 0 Å². The number of carbonyl (C=O) groups is 2. The van der Waals surface area contributed by atoms with E-state index in [-0.39, 0.29) is 0 Å². The van der Waals surface area contributed by atoms with E-state index in [1.165, 1.54) is 11.1 Å². The number of anilines is 1. The lowest BCUT2D eigenvalue weighted by atomic mass is 9.99. The lowest BCUT2D eigenvalue weighted by molar-refractivity contribution is -0.142. The molecule has 0 aliphatic carbocycles. The summed E-state index contributed by atoms with van der Waals surface area (Å²) in [5.41, 5.74) is 3.21. The van der Waals surface area contributed by atoms with Gasteiger partial charge >= 0.3 is 11.8 Å². The number of benzene rings is 1. The fourth-order valence-electron chi connectivity index (χ4n) is 3.86. The largest absolute Gasteiger partial charge is 0.334 e. The van der Waals surface area contributed by atoms with Crippen molar-refractivity contribution >= 4 is 17.5 Å². The number of hydrogen-bond donors (Lipinski definition) is 1. The fraction of sp³-hybridized carbons (Fsp3) is 0.474. The quantitative estimate of drug-likeness (QED) is 0.809. The van der Waals surface area contributed by atoms with E-state index < -0.39 is 11.8 Å². The highest BCUT2D eigenvalue weighted by Gasteiger charge is 2.30. The highest BCUT2D eigenvalue weighted by molar-refractivity contribution is 6.39. The third kappa shape index (κ3) is 4.00. The van der Waals surface area contributed by atoms with Crippen molar-refractivity contribution in [2.24, 2.45) is 5.92 Å². The van der Waals surface area contributed by atoms with Crippen molar-refractivity contribution in [2.75, 3.05) is 32.0 Å². The highest BCUT2D eigenvalue weighted by Crippen LogP contribution is 2.22. The first kappa shape index (κ1) is 17.7. The maximum absolute atomic E-state index is 12.5. The summed E-state index contributed by atoms with van der Waals surface area (Å²) in [5, 5.41) is 10.5. The molecule has 1 unspecified atom stereocenters. The second-order valence-corrected chi connectivity index (χ2v) is 7.46. The van der Waals surface area contributed by atoms with Crippen LogP contribution < -0.4 is 5.32 Å². The molecule has 1 atom stereocenters. The number of likely N-dealkylation sites (tertiary alicyclic amines) is 1. The summed E-state index contributed by atoms with van der Waals surface area (Å²) < 4.78 is 1.77. The third-order valence-corrected chi connectivity index (χ3v) is 5.35. The van der Waals surface area contributed by atoms with Crippen molar-refractivity contribution in [2.45, 2.75) is 25.9 Å². The highest BCUT2D eigenvalue weighted by atomic mass is 16.2. The molecule has 0 saturated carbocycles. The average molecular weight is 368 g/mol. The van der Waals surface area contributed by atoms with E-state index >= 15 is 0 Å². The zero-order valence-electron chi connectivity index (χ0n) is 15.5. The lowest BCUT2D eigenvalue weighted by Crippen LogP contribution is -2.38. The molecule has 27 heavy (non-hydrogen) atoms. The Morgan fingerprint density at radius 1 is 1.26 bits per heavy atom. The molecular weight excluding hydrogens is 344 g/mol. The maximum Gasteiger partial charge on any atom is 0.313 e. The molecule has 2 aliphatic rings. The molecule has 3 heterocycles. The topological polar surface area (TPSA) is 83.4 Å². The number of fused-ring (bicyclic) bond motifs is 1. The third-order valence-electron chi connectivity index (χ3n) is 5.35. The van der Waals surface area contributed by atoms with Crippen LogP contribution in [0.25, 0.3) is 0 Å². The number of carbonyl (C=O) groups excluding carboxylic acids is 2. The predicted molar refractivity (Wildman–Crippen MR) is 99.8 cm³/mol. The average Bonchev–Trinajstić information content (AvgIpc) is 3.33. The van der Waals surface area contributed by atoms with E-state index in [0.29, 0.717) is 31.2 Å². The van der Waals surface area contributed by atoms with Crippen LogP contribution in [0.5, 0.6) is 0 Å². The summed E-state index contributed by atoms with van der Waals surface area (Å²) >= 11 is 0. The van der Waals surface area contributed by atoms with Crippen molar-refractivity contribution in [3.8, 4) is 0 Å². The number of nitrogens with one attached hydrogen (secondary N) is 1. The van der Waals surface area contributed by atoms with Crippen LogP contribution >= 0.6 is 0 Å². The molecular formula is C19H24N6O2. The monoisotopic (exact) mass is 368 g/mol. The zero-order valence-corrected chi connectivity index (χ0v) is 15.5. The van der Waals surface area contributed by atoms with Gasteiger partial charge in [-0.15, -0.1) is 5.10 Å². The number of likely N-dealkylation sites (N-methyl/N-ethyl adjacent to an activating group) is 1. The maximum atomic E-state index is 12.5. The van der Waals surface area contributed by atoms with Crippen molar-refractivity contribution in [1.29, 1.82) is 0 Å². The summed E-state index contributed by atoms with van der Waals surface area (Å²) in [4.78, 5) is 28.8. The van der Waals surface area contributed by atoms with Crippen molar-refractivity contribution in [1.82, 2.24) is 24.8 Å². The van der Waals surface area contributed by atoms with Gasteiger partial charge in [-0.05, 0) is 49.1 Å². The zero-order chi connectivity index (χ0) is 18.8. The molecule has 1 saturated heterocycles. The summed E-state index contributed by atoms with van der Waals surface area (Å²) in [6.07, 6.45) is 5.33. The Labute approximate surface area is 158 Å². The molecule has 4 rings (SSSR count). The standard InChI is InChI=1S/C19H24N6O2/c1-23-7-5-15-2-3-17(10-16(15)13-23)21-18(26)19(27)24-8-4-14(11-24)12-25-9-6-20-22-25/h2-3,6,9-10,14H,4-5,7-8,11-13H2,1H3,(H,21,26). The van der Waals surface area contributed by atoms with E-state index in [2.05, 4.69) is 27.6 Å². The minimum Gasteiger partial charge on any atom is -0.334 e. The molecule has 142 valence electrons. The minimum absolute atomic E-state index is 0.294. The van der Waals surface area contributed by atoms with E-state index in [4.69, 9.17) is 0 Å². The van der Waals surface area contributed by atoms with E-state index in [1.807, 2.05) is 24.4 Å². The van der Waals surface area contributed by atoms with Crippen LogP contribution in [0.15, 0.2) is 30.6 Å². The molecule has 2 aromatic rings. The number of aromatic nitrogens is 3. The predicted octanol–water partition coefficient (Wildman–Crippen LogP) is 0.753. The van der Waals surface area contributed by atoms with Gasteiger partial charge in [0, 0.05) is 44.6 Å². The molecule has 2 amide bonds. The van der Waals surface area contributed by atoms with Crippen molar-refractivity contribution < 1.29 is 9.59 Å².